The number of aliphatic carboxylic acids is 1. The van der Waals surface area contributed by atoms with Crippen LogP contribution in [0.5, 0.6) is 0 Å². The molecule has 0 heterocycles. The van der Waals surface area contributed by atoms with E-state index in [4.69, 9.17) is 0 Å². The molecule has 0 aromatic rings. The summed E-state index contributed by atoms with van der Waals surface area (Å²) in [5.41, 5.74) is 0. The molecule has 0 saturated carbocycles. The summed E-state index contributed by atoms with van der Waals surface area (Å²) >= 11 is 0. The fraction of sp³-hybridized carbons (Fsp3) is 0.167. The Balaban J connectivity index is 0. The molecule has 3 heteroatoms. The third-order valence-electron chi connectivity index (χ3n) is 0.557. The van der Waals surface area contributed by atoms with E-state index in [1.165, 1.54) is 12.2 Å². The van der Waals surface area contributed by atoms with Gasteiger partial charge in [-0.15, -0.1) is 0 Å². The Bertz CT molecular complexity index is 118. The number of carbonyl (C=O) groups excluding carboxylic acids is 1. The van der Waals surface area contributed by atoms with Gasteiger partial charge in [-0.3, -0.25) is 0 Å². The molecule has 0 aliphatic carbocycles. The summed E-state index contributed by atoms with van der Waals surface area (Å²) in [4.78, 5) is 9.68. The van der Waals surface area contributed by atoms with Crippen LogP contribution in [0.2, 0.25) is 0 Å². The molecule has 0 fully saturated rings. The maximum atomic E-state index is 9.68. The summed E-state index contributed by atoms with van der Waals surface area (Å²) in [7, 11) is 0. The van der Waals surface area contributed by atoms with Gasteiger partial charge in [0.1, 0.15) is 0 Å². The molecule has 0 bridgehead atoms. The average molecular weight is 134 g/mol. The smallest absolute Gasteiger partial charge is 0.550 e. The summed E-state index contributed by atoms with van der Waals surface area (Å²) in [5, 5.41) is 9.68. The molecule has 0 atom stereocenters. The number of hydrogen-bond acceptors (Lipinski definition) is 2. The molecule has 0 N–H and O–H groups in total. The van der Waals surface area contributed by atoms with Gasteiger partial charge in [0.2, 0.25) is 0 Å². The first-order chi connectivity index (χ1) is 3.77. The van der Waals surface area contributed by atoms with Crippen molar-refractivity contribution in [2.45, 2.75) is 6.42 Å². The SMILES string of the molecule is C=C/C=C/CC(=O)[O-].[Na+]. The van der Waals surface area contributed by atoms with Crippen LogP contribution in [0.25, 0.3) is 0 Å². The zero-order valence-electron chi connectivity index (χ0n) is 5.46. The van der Waals surface area contributed by atoms with Crippen molar-refractivity contribution in [3.05, 3.63) is 24.8 Å². The van der Waals surface area contributed by atoms with E-state index >= 15 is 0 Å². The molecule has 0 aromatic heterocycles. The van der Waals surface area contributed by atoms with Crippen molar-refractivity contribution in [3.8, 4) is 0 Å². The molecule has 0 spiro atoms. The molecule has 0 radical (unpaired) electrons. The van der Waals surface area contributed by atoms with Crippen LogP contribution < -0.4 is 34.7 Å². The average Bonchev–Trinajstić information content (AvgIpc) is 1.66. The molecule has 0 unspecified atom stereocenters. The van der Waals surface area contributed by atoms with Crippen LogP contribution in [-0.4, -0.2) is 5.97 Å². The minimum atomic E-state index is -1.07. The predicted molar refractivity (Wildman–Crippen MR) is 29.0 cm³/mol. The van der Waals surface area contributed by atoms with E-state index in [0.717, 1.165) is 0 Å². The van der Waals surface area contributed by atoms with Crippen LogP contribution >= 0.6 is 0 Å². The number of rotatable bonds is 3. The number of carboxylic acids is 1. The van der Waals surface area contributed by atoms with E-state index in [0.29, 0.717) is 0 Å². The van der Waals surface area contributed by atoms with Crippen LogP contribution in [0.4, 0.5) is 0 Å². The standard InChI is InChI=1S/C6H8O2.Na/c1-2-3-4-5-6(7)8;/h2-4H,1,5H2,(H,7,8);/q;+1/p-1/b4-3+;. The van der Waals surface area contributed by atoms with Crippen molar-refractivity contribution >= 4 is 5.97 Å². The van der Waals surface area contributed by atoms with E-state index < -0.39 is 5.97 Å². The summed E-state index contributed by atoms with van der Waals surface area (Å²) in [6.45, 7) is 3.36. The van der Waals surface area contributed by atoms with Crippen molar-refractivity contribution in [2.24, 2.45) is 0 Å². The van der Waals surface area contributed by atoms with E-state index in [-0.39, 0.29) is 36.0 Å². The molecule has 0 aliphatic rings. The number of carboxylic acid groups (broad SMARTS) is 1. The van der Waals surface area contributed by atoms with Gasteiger partial charge in [0.15, 0.2) is 0 Å². The third kappa shape index (κ3) is 11.5. The molecule has 44 valence electrons. The molecule has 0 aromatic carbocycles. The van der Waals surface area contributed by atoms with Gasteiger partial charge in [-0.05, 0) is 0 Å². The second-order valence-electron chi connectivity index (χ2n) is 1.24. The van der Waals surface area contributed by atoms with Crippen LogP contribution in [0.1, 0.15) is 6.42 Å². The first-order valence-corrected chi connectivity index (χ1v) is 2.24. The second kappa shape index (κ2) is 7.95. The zero-order chi connectivity index (χ0) is 6.41. The topological polar surface area (TPSA) is 40.1 Å². The van der Waals surface area contributed by atoms with Crippen molar-refractivity contribution in [1.29, 1.82) is 0 Å². The maximum absolute atomic E-state index is 9.68. The van der Waals surface area contributed by atoms with Gasteiger partial charge in [0.05, 0.1) is 0 Å². The largest absolute Gasteiger partial charge is 1.00 e. The summed E-state index contributed by atoms with van der Waals surface area (Å²) in [6, 6.07) is 0. The molecule has 9 heavy (non-hydrogen) atoms. The van der Waals surface area contributed by atoms with Gasteiger partial charge in [-0.2, -0.15) is 0 Å². The Labute approximate surface area is 76.6 Å². The maximum Gasteiger partial charge on any atom is 1.00 e. The van der Waals surface area contributed by atoms with Gasteiger partial charge in [0.25, 0.3) is 0 Å². The van der Waals surface area contributed by atoms with Crippen LogP contribution in [0, 0.1) is 0 Å². The summed E-state index contributed by atoms with van der Waals surface area (Å²) in [6.07, 6.45) is 4.52. The Hall–Kier alpha value is -0.0500. The van der Waals surface area contributed by atoms with E-state index in [9.17, 15) is 9.90 Å². The van der Waals surface area contributed by atoms with Crippen molar-refractivity contribution in [1.82, 2.24) is 0 Å². The van der Waals surface area contributed by atoms with Crippen LogP contribution in [0.3, 0.4) is 0 Å². The van der Waals surface area contributed by atoms with Crippen LogP contribution in [0.15, 0.2) is 24.8 Å². The summed E-state index contributed by atoms with van der Waals surface area (Å²) < 4.78 is 0. The van der Waals surface area contributed by atoms with E-state index in [2.05, 4.69) is 6.58 Å². The van der Waals surface area contributed by atoms with Crippen LogP contribution in [-0.2, 0) is 4.79 Å². The monoisotopic (exact) mass is 134 g/mol. The molecule has 2 nitrogen and oxygen atoms in total. The Morgan fingerprint density at radius 1 is 1.67 bits per heavy atom. The van der Waals surface area contributed by atoms with Crippen molar-refractivity contribution in [2.75, 3.05) is 0 Å². The third-order valence-corrected chi connectivity index (χ3v) is 0.557. The van der Waals surface area contributed by atoms with Crippen molar-refractivity contribution in [3.63, 3.8) is 0 Å². The number of hydrogen-bond donors (Lipinski definition) is 0. The van der Waals surface area contributed by atoms with Gasteiger partial charge in [0, 0.05) is 12.4 Å². The predicted octanol–water partition coefficient (Wildman–Crippen LogP) is -3.13. The summed E-state index contributed by atoms with van der Waals surface area (Å²) in [5.74, 6) is -1.07. The quantitative estimate of drug-likeness (QED) is 0.302. The molecular formula is C6H7NaO2. The first kappa shape index (κ1) is 11.7. The first-order valence-electron chi connectivity index (χ1n) is 2.24. The van der Waals surface area contributed by atoms with Gasteiger partial charge < -0.3 is 9.90 Å². The Kier molecular flexibility index (Phi) is 10.3. The van der Waals surface area contributed by atoms with Gasteiger partial charge in [-0.1, -0.05) is 24.8 Å². The van der Waals surface area contributed by atoms with Crippen molar-refractivity contribution < 1.29 is 39.5 Å². The zero-order valence-corrected chi connectivity index (χ0v) is 7.46. The molecular weight excluding hydrogens is 127 g/mol. The minimum absolute atomic E-state index is 0. The Morgan fingerprint density at radius 3 is 2.56 bits per heavy atom. The molecule has 0 aliphatic heterocycles. The minimum Gasteiger partial charge on any atom is -0.550 e. The molecule has 0 amide bonds. The van der Waals surface area contributed by atoms with E-state index in [1.807, 2.05) is 0 Å². The van der Waals surface area contributed by atoms with E-state index in [1.54, 1.807) is 6.08 Å². The molecule has 0 saturated heterocycles. The fourth-order valence-electron chi connectivity index (χ4n) is 0.260. The molecule has 0 rings (SSSR count). The normalized spacial score (nSPS) is 8.44. The Morgan fingerprint density at radius 2 is 2.22 bits per heavy atom. The second-order valence-corrected chi connectivity index (χ2v) is 1.24. The fourth-order valence-corrected chi connectivity index (χ4v) is 0.260. The van der Waals surface area contributed by atoms with Gasteiger partial charge in [-0.25, -0.2) is 0 Å². The van der Waals surface area contributed by atoms with Gasteiger partial charge >= 0.3 is 29.6 Å². The number of carbonyl (C=O) groups is 1. The number of allylic oxidation sites excluding steroid dienone is 2.